The summed E-state index contributed by atoms with van der Waals surface area (Å²) >= 11 is 6.14. The number of likely N-dealkylation sites (tertiary alicyclic amines) is 1. The van der Waals surface area contributed by atoms with Gasteiger partial charge in [0.05, 0.1) is 18.2 Å². The highest BCUT2D eigenvalue weighted by molar-refractivity contribution is 6.34. The molecule has 0 aliphatic carbocycles. The smallest absolute Gasteiger partial charge is 0.178 e. The summed E-state index contributed by atoms with van der Waals surface area (Å²) in [6, 6.07) is 5.33. The highest BCUT2D eigenvalue weighted by Crippen LogP contribution is 2.23. The summed E-state index contributed by atoms with van der Waals surface area (Å²) in [5, 5.41) is 0.506. The van der Waals surface area contributed by atoms with Crippen LogP contribution >= 0.6 is 11.6 Å². The molecule has 1 heterocycles. The molecule has 1 aromatic rings. The van der Waals surface area contributed by atoms with Crippen molar-refractivity contribution in [2.45, 2.75) is 26.7 Å². The van der Waals surface area contributed by atoms with E-state index < -0.39 is 0 Å². The Balaban J connectivity index is 2.04. The van der Waals surface area contributed by atoms with Gasteiger partial charge in [-0.2, -0.15) is 0 Å². The number of halogens is 1. The fraction of sp³-hybridized carbons (Fsp3) is 0.562. The second kappa shape index (κ2) is 7.09. The quantitative estimate of drug-likeness (QED) is 0.750. The van der Waals surface area contributed by atoms with Crippen molar-refractivity contribution >= 4 is 17.4 Å². The van der Waals surface area contributed by atoms with Gasteiger partial charge in [-0.25, -0.2) is 0 Å². The van der Waals surface area contributed by atoms with Crippen molar-refractivity contribution in [1.29, 1.82) is 0 Å². The summed E-state index contributed by atoms with van der Waals surface area (Å²) in [5.41, 5.74) is 0.569. The zero-order valence-corrected chi connectivity index (χ0v) is 12.9. The van der Waals surface area contributed by atoms with Gasteiger partial charge in [0.15, 0.2) is 5.78 Å². The number of nitrogens with zero attached hydrogens (tertiary/aromatic N) is 1. The molecule has 1 aromatic carbocycles. The first-order valence-electron chi connectivity index (χ1n) is 7.24. The van der Waals surface area contributed by atoms with Gasteiger partial charge >= 0.3 is 0 Å². The Morgan fingerprint density at radius 1 is 1.35 bits per heavy atom. The largest absolute Gasteiger partial charge is 0.493 e. The van der Waals surface area contributed by atoms with Crippen LogP contribution in [0.25, 0.3) is 0 Å². The molecule has 0 spiro atoms. The molecule has 2 rings (SSSR count). The van der Waals surface area contributed by atoms with Gasteiger partial charge in [0.1, 0.15) is 5.75 Å². The van der Waals surface area contributed by atoms with E-state index >= 15 is 0 Å². The number of ketones is 1. The number of hydrogen-bond acceptors (Lipinski definition) is 3. The van der Waals surface area contributed by atoms with E-state index in [4.69, 9.17) is 16.3 Å². The molecule has 0 radical (unpaired) electrons. The first kappa shape index (κ1) is 15.3. The van der Waals surface area contributed by atoms with E-state index in [1.165, 1.54) is 12.8 Å². The summed E-state index contributed by atoms with van der Waals surface area (Å²) in [4.78, 5) is 14.5. The van der Waals surface area contributed by atoms with Gasteiger partial charge in [0, 0.05) is 5.56 Å². The van der Waals surface area contributed by atoms with E-state index in [1.54, 1.807) is 12.1 Å². The maximum absolute atomic E-state index is 12.3. The van der Waals surface area contributed by atoms with Crippen LogP contribution in [0.15, 0.2) is 18.2 Å². The van der Waals surface area contributed by atoms with Crippen LogP contribution in [0.5, 0.6) is 5.75 Å². The van der Waals surface area contributed by atoms with E-state index in [2.05, 4.69) is 18.7 Å². The van der Waals surface area contributed by atoms with Crippen molar-refractivity contribution in [3.05, 3.63) is 28.8 Å². The lowest BCUT2D eigenvalue weighted by atomic mass is 10.1. The van der Waals surface area contributed by atoms with Crippen LogP contribution in [-0.4, -0.2) is 36.9 Å². The number of rotatable bonds is 6. The van der Waals surface area contributed by atoms with E-state index in [9.17, 15) is 4.79 Å². The molecular weight excluding hydrogens is 274 g/mol. The van der Waals surface area contributed by atoms with E-state index in [1.807, 2.05) is 6.07 Å². The SMILES string of the molecule is CC(C)COc1ccc(Cl)c(C(=O)CN2CCCC2)c1. The molecule has 0 amide bonds. The highest BCUT2D eigenvalue weighted by Gasteiger charge is 2.18. The Morgan fingerprint density at radius 3 is 2.70 bits per heavy atom. The molecule has 0 unspecified atom stereocenters. The Kier molecular flexibility index (Phi) is 5.44. The molecule has 110 valence electrons. The van der Waals surface area contributed by atoms with Crippen molar-refractivity contribution in [2.75, 3.05) is 26.2 Å². The van der Waals surface area contributed by atoms with Crippen molar-refractivity contribution < 1.29 is 9.53 Å². The number of benzene rings is 1. The lowest BCUT2D eigenvalue weighted by molar-refractivity contribution is 0.0945. The Labute approximate surface area is 125 Å². The summed E-state index contributed by atoms with van der Waals surface area (Å²) in [6.45, 7) is 7.29. The molecule has 0 bridgehead atoms. The van der Waals surface area contributed by atoms with Gasteiger partial charge in [0.25, 0.3) is 0 Å². The van der Waals surface area contributed by atoms with Gasteiger partial charge in [-0.1, -0.05) is 25.4 Å². The summed E-state index contributed by atoms with van der Waals surface area (Å²) < 4.78 is 5.66. The van der Waals surface area contributed by atoms with E-state index in [-0.39, 0.29) is 5.78 Å². The third-order valence-corrected chi connectivity index (χ3v) is 3.72. The molecule has 0 atom stereocenters. The van der Waals surface area contributed by atoms with Crippen LogP contribution in [0.1, 0.15) is 37.0 Å². The minimum atomic E-state index is 0.0758. The highest BCUT2D eigenvalue weighted by atomic mass is 35.5. The molecule has 20 heavy (non-hydrogen) atoms. The normalized spacial score (nSPS) is 15.8. The summed E-state index contributed by atoms with van der Waals surface area (Å²) in [7, 11) is 0. The van der Waals surface area contributed by atoms with Gasteiger partial charge < -0.3 is 4.74 Å². The second-order valence-corrected chi connectivity index (χ2v) is 6.16. The predicted molar refractivity (Wildman–Crippen MR) is 81.8 cm³/mol. The lowest BCUT2D eigenvalue weighted by Crippen LogP contribution is -2.27. The zero-order chi connectivity index (χ0) is 14.5. The third kappa shape index (κ3) is 4.22. The summed E-state index contributed by atoms with van der Waals surface area (Å²) in [5.74, 6) is 1.24. The topological polar surface area (TPSA) is 29.5 Å². The first-order valence-corrected chi connectivity index (χ1v) is 7.62. The Bertz CT molecular complexity index is 468. The lowest BCUT2D eigenvalue weighted by Gasteiger charge is -2.15. The zero-order valence-electron chi connectivity index (χ0n) is 12.2. The van der Waals surface area contributed by atoms with Crippen LogP contribution in [0, 0.1) is 5.92 Å². The van der Waals surface area contributed by atoms with Gasteiger partial charge in [0.2, 0.25) is 0 Å². The first-order chi connectivity index (χ1) is 9.56. The molecule has 1 aliphatic heterocycles. The van der Waals surface area contributed by atoms with Crippen LogP contribution in [0.3, 0.4) is 0 Å². The second-order valence-electron chi connectivity index (χ2n) is 5.75. The predicted octanol–water partition coefficient (Wildman–Crippen LogP) is 3.65. The summed E-state index contributed by atoms with van der Waals surface area (Å²) in [6.07, 6.45) is 2.36. The fourth-order valence-corrected chi connectivity index (χ4v) is 2.52. The number of carbonyl (C=O) groups excluding carboxylic acids is 1. The molecule has 0 saturated carbocycles. The van der Waals surface area contributed by atoms with Crippen molar-refractivity contribution in [3.8, 4) is 5.75 Å². The molecular formula is C16H22ClNO2. The number of carbonyl (C=O) groups is 1. The Morgan fingerprint density at radius 2 is 2.05 bits per heavy atom. The molecule has 3 nitrogen and oxygen atoms in total. The number of ether oxygens (including phenoxy) is 1. The van der Waals surface area contributed by atoms with E-state index in [0.717, 1.165) is 13.1 Å². The van der Waals surface area contributed by atoms with E-state index in [0.29, 0.717) is 35.4 Å². The molecule has 1 aliphatic rings. The average Bonchev–Trinajstić information content (AvgIpc) is 2.90. The number of Topliss-reactive ketones (excluding diaryl/α,β-unsaturated/α-hetero) is 1. The van der Waals surface area contributed by atoms with Gasteiger partial charge in [-0.05, 0) is 50.0 Å². The molecule has 0 N–H and O–H groups in total. The molecule has 4 heteroatoms. The molecule has 1 fully saturated rings. The minimum Gasteiger partial charge on any atom is -0.493 e. The van der Waals surface area contributed by atoms with Crippen LogP contribution < -0.4 is 4.74 Å². The maximum Gasteiger partial charge on any atom is 0.178 e. The van der Waals surface area contributed by atoms with Crippen molar-refractivity contribution in [3.63, 3.8) is 0 Å². The fourth-order valence-electron chi connectivity index (χ4n) is 2.30. The van der Waals surface area contributed by atoms with Crippen LogP contribution in [0.2, 0.25) is 5.02 Å². The molecule has 0 aromatic heterocycles. The minimum absolute atomic E-state index is 0.0758. The number of hydrogen-bond donors (Lipinski definition) is 0. The Hall–Kier alpha value is -1.06. The standard InChI is InChI=1S/C16H22ClNO2/c1-12(2)11-20-13-5-6-15(17)14(9-13)16(19)10-18-7-3-4-8-18/h5-6,9,12H,3-4,7-8,10-11H2,1-2H3. The van der Waals surface area contributed by atoms with Gasteiger partial charge in [-0.15, -0.1) is 0 Å². The third-order valence-electron chi connectivity index (χ3n) is 3.39. The van der Waals surface area contributed by atoms with Crippen LogP contribution in [-0.2, 0) is 0 Å². The maximum atomic E-state index is 12.3. The molecule has 1 saturated heterocycles. The average molecular weight is 296 g/mol. The van der Waals surface area contributed by atoms with Crippen molar-refractivity contribution in [1.82, 2.24) is 4.90 Å². The van der Waals surface area contributed by atoms with Crippen molar-refractivity contribution in [2.24, 2.45) is 5.92 Å². The van der Waals surface area contributed by atoms with Gasteiger partial charge in [-0.3, -0.25) is 9.69 Å². The monoisotopic (exact) mass is 295 g/mol. The van der Waals surface area contributed by atoms with Crippen LogP contribution in [0.4, 0.5) is 0 Å².